The number of hydrogen-bond acceptors (Lipinski definition) is 3. The zero-order valence-electron chi connectivity index (χ0n) is 15.4. The van der Waals surface area contributed by atoms with E-state index in [0.29, 0.717) is 18.4 Å². The fraction of sp³-hybridized carbons (Fsp3) is 0.304. The second-order valence-corrected chi connectivity index (χ2v) is 6.48. The van der Waals surface area contributed by atoms with Crippen LogP contribution in [0.5, 0.6) is 0 Å². The molecule has 0 unspecified atom stereocenters. The Morgan fingerprint density at radius 1 is 1.04 bits per heavy atom. The Labute approximate surface area is 155 Å². The lowest BCUT2D eigenvalue weighted by Crippen LogP contribution is -2.16. The molecular formula is C23H25NO2. The van der Waals surface area contributed by atoms with Gasteiger partial charge < -0.3 is 4.74 Å². The van der Waals surface area contributed by atoms with Gasteiger partial charge in [0, 0.05) is 6.42 Å². The number of esters is 1. The number of aryl methyl sites for hydroxylation is 2. The van der Waals surface area contributed by atoms with E-state index in [1.807, 2.05) is 43.3 Å². The fourth-order valence-electron chi connectivity index (χ4n) is 2.54. The van der Waals surface area contributed by atoms with Crippen molar-refractivity contribution in [3.63, 3.8) is 0 Å². The van der Waals surface area contributed by atoms with Crippen molar-refractivity contribution in [1.29, 1.82) is 5.26 Å². The molecule has 0 aromatic heterocycles. The smallest absolute Gasteiger partial charge is 0.338 e. The van der Waals surface area contributed by atoms with Crippen molar-refractivity contribution in [1.82, 2.24) is 0 Å². The second-order valence-electron chi connectivity index (χ2n) is 6.48. The van der Waals surface area contributed by atoms with E-state index in [-0.39, 0.29) is 12.1 Å². The molecule has 0 amide bonds. The van der Waals surface area contributed by atoms with E-state index in [1.54, 1.807) is 12.1 Å². The van der Waals surface area contributed by atoms with E-state index >= 15 is 0 Å². The zero-order valence-corrected chi connectivity index (χ0v) is 15.4. The standard InChI is InChI=1S/C23H25NO2/c1-18-7-11-20(12-8-18)13-16-22(6-4-3-5-17-24)26-23(25)21-14-9-19(2)10-15-21/h7-16,22H,3-6H2,1-2H3/b16-13+/t22-/m1/s1. The molecule has 0 fully saturated rings. The summed E-state index contributed by atoms with van der Waals surface area (Å²) in [6.07, 6.45) is 6.51. The van der Waals surface area contributed by atoms with Crippen LogP contribution in [-0.2, 0) is 4.74 Å². The molecular weight excluding hydrogens is 322 g/mol. The zero-order chi connectivity index (χ0) is 18.8. The number of carbonyl (C=O) groups excluding carboxylic acids is 1. The van der Waals surface area contributed by atoms with Crippen LogP contribution >= 0.6 is 0 Å². The molecule has 26 heavy (non-hydrogen) atoms. The molecule has 3 nitrogen and oxygen atoms in total. The van der Waals surface area contributed by atoms with Crippen LogP contribution in [-0.4, -0.2) is 12.1 Å². The van der Waals surface area contributed by atoms with Crippen LogP contribution in [0.15, 0.2) is 54.6 Å². The number of carbonyl (C=O) groups is 1. The number of nitriles is 1. The summed E-state index contributed by atoms with van der Waals surface area (Å²) in [5, 5.41) is 8.67. The average molecular weight is 347 g/mol. The normalized spacial score (nSPS) is 11.9. The Morgan fingerprint density at radius 3 is 2.27 bits per heavy atom. The molecule has 0 N–H and O–H groups in total. The minimum atomic E-state index is -0.316. The van der Waals surface area contributed by atoms with Gasteiger partial charge in [-0.05, 0) is 56.9 Å². The van der Waals surface area contributed by atoms with Crippen LogP contribution in [0.1, 0.15) is 52.7 Å². The predicted octanol–water partition coefficient (Wildman–Crippen LogP) is 5.63. The first-order valence-electron chi connectivity index (χ1n) is 8.98. The van der Waals surface area contributed by atoms with Gasteiger partial charge in [0.25, 0.3) is 0 Å². The van der Waals surface area contributed by atoms with E-state index < -0.39 is 0 Å². The maximum atomic E-state index is 12.4. The topological polar surface area (TPSA) is 50.1 Å². The number of benzene rings is 2. The number of ether oxygens (including phenoxy) is 1. The molecule has 2 aromatic carbocycles. The Balaban J connectivity index is 2.04. The van der Waals surface area contributed by atoms with Gasteiger partial charge in [-0.3, -0.25) is 0 Å². The Bertz CT molecular complexity index is 767. The third kappa shape index (κ3) is 6.57. The van der Waals surface area contributed by atoms with Crippen LogP contribution in [0, 0.1) is 25.2 Å². The number of unbranched alkanes of at least 4 members (excludes halogenated alkanes) is 2. The van der Waals surface area contributed by atoms with Crippen LogP contribution in [0.4, 0.5) is 0 Å². The van der Waals surface area contributed by atoms with Crippen molar-refractivity contribution >= 4 is 12.0 Å². The molecule has 0 bridgehead atoms. The highest BCUT2D eigenvalue weighted by Gasteiger charge is 2.13. The maximum absolute atomic E-state index is 12.4. The van der Waals surface area contributed by atoms with Crippen molar-refractivity contribution in [3.8, 4) is 6.07 Å². The Morgan fingerprint density at radius 2 is 1.65 bits per heavy atom. The monoisotopic (exact) mass is 347 g/mol. The molecule has 0 aliphatic heterocycles. The highest BCUT2D eigenvalue weighted by molar-refractivity contribution is 5.89. The third-order valence-corrected chi connectivity index (χ3v) is 4.15. The molecule has 0 aliphatic carbocycles. The van der Waals surface area contributed by atoms with Gasteiger partial charge >= 0.3 is 5.97 Å². The average Bonchev–Trinajstić information content (AvgIpc) is 2.64. The van der Waals surface area contributed by atoms with Crippen LogP contribution in [0.2, 0.25) is 0 Å². The molecule has 0 radical (unpaired) electrons. The van der Waals surface area contributed by atoms with Gasteiger partial charge in [-0.15, -0.1) is 0 Å². The molecule has 1 atom stereocenters. The Hall–Kier alpha value is -2.86. The van der Waals surface area contributed by atoms with Gasteiger partial charge in [-0.25, -0.2) is 4.79 Å². The first kappa shape index (κ1) is 19.5. The van der Waals surface area contributed by atoms with Crippen LogP contribution in [0.3, 0.4) is 0 Å². The van der Waals surface area contributed by atoms with Gasteiger partial charge in [0.15, 0.2) is 0 Å². The molecule has 0 heterocycles. The van der Waals surface area contributed by atoms with Gasteiger partial charge in [-0.2, -0.15) is 5.26 Å². The predicted molar refractivity (Wildman–Crippen MR) is 105 cm³/mol. The van der Waals surface area contributed by atoms with E-state index in [1.165, 1.54) is 5.56 Å². The van der Waals surface area contributed by atoms with Crippen LogP contribution < -0.4 is 0 Å². The first-order valence-corrected chi connectivity index (χ1v) is 8.98. The lowest BCUT2D eigenvalue weighted by molar-refractivity contribution is 0.0378. The second kappa shape index (κ2) is 10.2. The Kier molecular flexibility index (Phi) is 7.64. The van der Waals surface area contributed by atoms with Crippen molar-refractivity contribution in [2.45, 2.75) is 45.6 Å². The van der Waals surface area contributed by atoms with Crippen molar-refractivity contribution in [2.24, 2.45) is 0 Å². The summed E-state index contributed by atoms with van der Waals surface area (Å²) in [5.41, 5.74) is 3.94. The molecule has 2 aromatic rings. The van der Waals surface area contributed by atoms with Crippen molar-refractivity contribution in [3.05, 3.63) is 76.9 Å². The van der Waals surface area contributed by atoms with Gasteiger partial charge in [0.05, 0.1) is 11.6 Å². The van der Waals surface area contributed by atoms with Crippen LogP contribution in [0.25, 0.3) is 6.08 Å². The van der Waals surface area contributed by atoms with Crippen molar-refractivity contribution < 1.29 is 9.53 Å². The quantitative estimate of drug-likeness (QED) is 0.459. The van der Waals surface area contributed by atoms with Gasteiger partial charge in [0.2, 0.25) is 0 Å². The highest BCUT2D eigenvalue weighted by Crippen LogP contribution is 2.14. The molecule has 3 heteroatoms. The van der Waals surface area contributed by atoms with E-state index in [0.717, 1.165) is 24.0 Å². The molecule has 2 rings (SSSR count). The summed E-state index contributed by atoms with van der Waals surface area (Å²) in [6, 6.07) is 17.7. The van der Waals surface area contributed by atoms with E-state index in [2.05, 4.69) is 25.1 Å². The highest BCUT2D eigenvalue weighted by atomic mass is 16.5. The summed E-state index contributed by atoms with van der Waals surface area (Å²) >= 11 is 0. The summed E-state index contributed by atoms with van der Waals surface area (Å²) in [7, 11) is 0. The summed E-state index contributed by atoms with van der Waals surface area (Å²) in [6.45, 7) is 4.03. The fourth-order valence-corrected chi connectivity index (χ4v) is 2.54. The van der Waals surface area contributed by atoms with E-state index in [4.69, 9.17) is 10.00 Å². The summed E-state index contributed by atoms with van der Waals surface area (Å²) in [4.78, 5) is 12.4. The lowest BCUT2D eigenvalue weighted by Gasteiger charge is -2.14. The largest absolute Gasteiger partial charge is 0.455 e. The molecule has 134 valence electrons. The SMILES string of the molecule is Cc1ccc(/C=C/[C@@H](CCCCC#N)OC(=O)c2ccc(C)cc2)cc1. The number of hydrogen-bond donors (Lipinski definition) is 0. The van der Waals surface area contributed by atoms with E-state index in [9.17, 15) is 4.79 Å². The molecule has 0 saturated heterocycles. The summed E-state index contributed by atoms with van der Waals surface area (Å²) in [5.74, 6) is -0.316. The minimum Gasteiger partial charge on any atom is -0.455 e. The minimum absolute atomic E-state index is 0.302. The summed E-state index contributed by atoms with van der Waals surface area (Å²) < 4.78 is 5.69. The van der Waals surface area contributed by atoms with Crippen molar-refractivity contribution in [2.75, 3.05) is 0 Å². The van der Waals surface area contributed by atoms with Gasteiger partial charge in [-0.1, -0.05) is 53.6 Å². The first-order chi connectivity index (χ1) is 12.6. The molecule has 0 aliphatic rings. The number of nitrogens with zero attached hydrogens (tertiary/aromatic N) is 1. The van der Waals surface area contributed by atoms with Gasteiger partial charge in [0.1, 0.15) is 6.10 Å². The molecule has 0 saturated carbocycles. The third-order valence-electron chi connectivity index (χ3n) is 4.15. The lowest BCUT2D eigenvalue weighted by atomic mass is 10.1. The number of rotatable bonds is 8. The maximum Gasteiger partial charge on any atom is 0.338 e. The molecule has 0 spiro atoms.